The molecule has 102 valence electrons. The molecule has 0 radical (unpaired) electrons. The van der Waals surface area contributed by atoms with Crippen molar-refractivity contribution in [1.82, 2.24) is 14.9 Å². The maximum atomic E-state index is 12.6. The molecule has 2 aromatic rings. The molecule has 5 heteroatoms. The fourth-order valence-corrected chi connectivity index (χ4v) is 2.50. The molecule has 1 aliphatic carbocycles. The lowest BCUT2D eigenvalue weighted by Gasteiger charge is -2.22. The van der Waals surface area contributed by atoms with Crippen LogP contribution >= 0.6 is 15.9 Å². The van der Waals surface area contributed by atoms with E-state index < -0.39 is 0 Å². The summed E-state index contributed by atoms with van der Waals surface area (Å²) in [5.41, 5.74) is 1.73. The third kappa shape index (κ3) is 3.04. The summed E-state index contributed by atoms with van der Waals surface area (Å²) in [7, 11) is 0. The summed E-state index contributed by atoms with van der Waals surface area (Å²) in [6.07, 6.45) is 8.98. The van der Waals surface area contributed by atoms with E-state index in [4.69, 9.17) is 0 Å². The summed E-state index contributed by atoms with van der Waals surface area (Å²) >= 11 is 3.36. The Balaban J connectivity index is 1.82. The van der Waals surface area contributed by atoms with Gasteiger partial charge >= 0.3 is 0 Å². The molecular weight excluding hydrogens is 318 g/mol. The predicted octanol–water partition coefficient (Wildman–Crippen LogP) is 3.04. The molecule has 0 saturated heterocycles. The van der Waals surface area contributed by atoms with E-state index >= 15 is 0 Å². The largest absolute Gasteiger partial charge is 0.331 e. The highest BCUT2D eigenvalue weighted by molar-refractivity contribution is 9.10. The van der Waals surface area contributed by atoms with Gasteiger partial charge in [-0.25, -0.2) is 0 Å². The predicted molar refractivity (Wildman–Crippen MR) is 79.1 cm³/mol. The summed E-state index contributed by atoms with van der Waals surface area (Å²) in [6, 6.07) is 6.07. The van der Waals surface area contributed by atoms with Crippen molar-refractivity contribution >= 4 is 21.8 Å². The first-order valence-corrected chi connectivity index (χ1v) is 7.34. The number of pyridine rings is 2. The van der Waals surface area contributed by atoms with Gasteiger partial charge in [0, 0.05) is 41.8 Å². The molecule has 1 fully saturated rings. The number of carbonyl (C=O) groups excluding carboxylic acids is 1. The number of aromatic nitrogens is 2. The maximum Gasteiger partial charge on any atom is 0.256 e. The molecule has 3 rings (SSSR count). The smallest absolute Gasteiger partial charge is 0.256 e. The molecule has 4 nitrogen and oxygen atoms in total. The Morgan fingerprint density at radius 3 is 2.65 bits per heavy atom. The van der Waals surface area contributed by atoms with Gasteiger partial charge in [-0.15, -0.1) is 0 Å². The van der Waals surface area contributed by atoms with E-state index in [2.05, 4.69) is 25.9 Å². The lowest BCUT2D eigenvalue weighted by molar-refractivity contribution is 0.0729. The van der Waals surface area contributed by atoms with Crippen molar-refractivity contribution in [3.05, 3.63) is 58.6 Å². The van der Waals surface area contributed by atoms with Gasteiger partial charge in [-0.2, -0.15) is 0 Å². The van der Waals surface area contributed by atoms with Crippen LogP contribution in [-0.2, 0) is 6.54 Å². The third-order valence-corrected chi connectivity index (χ3v) is 3.74. The van der Waals surface area contributed by atoms with Gasteiger partial charge in [-0.05, 0) is 52.5 Å². The Bertz CT molecular complexity index is 614. The van der Waals surface area contributed by atoms with Crippen molar-refractivity contribution < 1.29 is 4.79 Å². The van der Waals surface area contributed by atoms with E-state index in [1.807, 2.05) is 23.1 Å². The summed E-state index contributed by atoms with van der Waals surface area (Å²) in [5.74, 6) is 0.0399. The topological polar surface area (TPSA) is 46.1 Å². The molecule has 2 heterocycles. The molecular formula is C15H14BrN3O. The Morgan fingerprint density at radius 1 is 1.25 bits per heavy atom. The first kappa shape index (κ1) is 13.2. The summed E-state index contributed by atoms with van der Waals surface area (Å²) < 4.78 is 0.822. The van der Waals surface area contributed by atoms with Crippen LogP contribution in [0.4, 0.5) is 0 Å². The van der Waals surface area contributed by atoms with Crippen molar-refractivity contribution in [3.63, 3.8) is 0 Å². The highest BCUT2D eigenvalue weighted by atomic mass is 79.9. The first-order chi connectivity index (χ1) is 9.74. The Labute approximate surface area is 126 Å². The van der Waals surface area contributed by atoms with Gasteiger partial charge in [0.25, 0.3) is 5.91 Å². The van der Waals surface area contributed by atoms with Gasteiger partial charge in [0.2, 0.25) is 0 Å². The third-order valence-electron chi connectivity index (χ3n) is 3.30. The second kappa shape index (κ2) is 5.71. The number of carbonyl (C=O) groups is 1. The Morgan fingerprint density at radius 2 is 2.00 bits per heavy atom. The number of halogens is 1. The summed E-state index contributed by atoms with van der Waals surface area (Å²) in [6.45, 7) is 0.624. The van der Waals surface area contributed by atoms with Crippen LogP contribution in [-0.4, -0.2) is 26.8 Å². The van der Waals surface area contributed by atoms with Crippen molar-refractivity contribution in [1.29, 1.82) is 0 Å². The van der Waals surface area contributed by atoms with E-state index in [0.717, 1.165) is 22.9 Å². The molecule has 0 aliphatic heterocycles. The number of hydrogen-bond acceptors (Lipinski definition) is 3. The molecule has 20 heavy (non-hydrogen) atoms. The fraction of sp³-hybridized carbons (Fsp3) is 0.267. The van der Waals surface area contributed by atoms with Gasteiger partial charge in [0.05, 0.1) is 5.56 Å². The van der Waals surface area contributed by atoms with Crippen LogP contribution in [0.5, 0.6) is 0 Å². The highest BCUT2D eigenvalue weighted by Crippen LogP contribution is 2.30. The normalized spacial score (nSPS) is 14.1. The van der Waals surface area contributed by atoms with Crippen LogP contribution in [0, 0.1) is 0 Å². The van der Waals surface area contributed by atoms with Gasteiger partial charge in [0.1, 0.15) is 0 Å². The zero-order valence-corrected chi connectivity index (χ0v) is 12.5. The Kier molecular flexibility index (Phi) is 3.78. The van der Waals surface area contributed by atoms with E-state index in [1.54, 1.807) is 24.8 Å². The lowest BCUT2D eigenvalue weighted by Crippen LogP contribution is -2.32. The van der Waals surface area contributed by atoms with Crippen LogP contribution in [0.25, 0.3) is 0 Å². The van der Waals surface area contributed by atoms with Crippen LogP contribution in [0.15, 0.2) is 47.5 Å². The monoisotopic (exact) mass is 331 g/mol. The van der Waals surface area contributed by atoms with Gasteiger partial charge in [-0.3, -0.25) is 14.8 Å². The van der Waals surface area contributed by atoms with E-state index in [-0.39, 0.29) is 5.91 Å². The van der Waals surface area contributed by atoms with E-state index in [1.165, 1.54) is 0 Å². The van der Waals surface area contributed by atoms with Crippen molar-refractivity contribution in [2.75, 3.05) is 0 Å². The number of hydrogen-bond donors (Lipinski definition) is 0. The minimum Gasteiger partial charge on any atom is -0.331 e. The maximum absolute atomic E-state index is 12.6. The number of nitrogens with zero attached hydrogens (tertiary/aromatic N) is 3. The molecule has 0 atom stereocenters. The number of rotatable bonds is 4. The van der Waals surface area contributed by atoms with Crippen molar-refractivity contribution in [2.45, 2.75) is 25.4 Å². The molecule has 1 saturated carbocycles. The van der Waals surface area contributed by atoms with E-state index in [0.29, 0.717) is 18.2 Å². The summed E-state index contributed by atoms with van der Waals surface area (Å²) in [5, 5.41) is 0. The van der Waals surface area contributed by atoms with Crippen molar-refractivity contribution in [2.24, 2.45) is 0 Å². The molecule has 1 amide bonds. The zero-order chi connectivity index (χ0) is 13.9. The first-order valence-electron chi connectivity index (χ1n) is 6.54. The minimum absolute atomic E-state index is 0.0399. The van der Waals surface area contributed by atoms with Gasteiger partial charge < -0.3 is 4.90 Å². The molecule has 0 spiro atoms. The number of amides is 1. The standard InChI is InChI=1S/C15H14BrN3O/c16-13-7-12(8-18-9-13)15(20)19(14-1-2-14)10-11-3-5-17-6-4-11/h3-9,14H,1-2,10H2. The van der Waals surface area contributed by atoms with Crippen molar-refractivity contribution in [3.8, 4) is 0 Å². The molecule has 1 aliphatic rings. The van der Waals surface area contributed by atoms with Crippen LogP contribution in [0.1, 0.15) is 28.8 Å². The second-order valence-corrected chi connectivity index (χ2v) is 5.83. The highest BCUT2D eigenvalue weighted by Gasteiger charge is 2.33. The van der Waals surface area contributed by atoms with Crippen LogP contribution in [0.2, 0.25) is 0 Å². The lowest BCUT2D eigenvalue weighted by atomic mass is 10.2. The average molecular weight is 332 g/mol. The molecule has 0 aromatic carbocycles. The van der Waals surface area contributed by atoms with Crippen LogP contribution in [0.3, 0.4) is 0 Å². The van der Waals surface area contributed by atoms with Gasteiger partial charge in [0.15, 0.2) is 0 Å². The zero-order valence-electron chi connectivity index (χ0n) is 10.9. The average Bonchev–Trinajstić information content (AvgIpc) is 3.30. The second-order valence-electron chi connectivity index (χ2n) is 4.91. The SMILES string of the molecule is O=C(c1cncc(Br)c1)N(Cc1ccncc1)C1CC1. The Hall–Kier alpha value is -1.75. The molecule has 0 bridgehead atoms. The van der Waals surface area contributed by atoms with Crippen LogP contribution < -0.4 is 0 Å². The quantitative estimate of drug-likeness (QED) is 0.865. The fourth-order valence-electron chi connectivity index (χ4n) is 2.13. The molecule has 0 N–H and O–H groups in total. The molecule has 0 unspecified atom stereocenters. The minimum atomic E-state index is 0.0399. The van der Waals surface area contributed by atoms with Gasteiger partial charge in [-0.1, -0.05) is 0 Å². The molecule has 2 aromatic heterocycles. The van der Waals surface area contributed by atoms with E-state index in [9.17, 15) is 4.79 Å². The summed E-state index contributed by atoms with van der Waals surface area (Å²) in [4.78, 5) is 22.6.